The molecule has 5 rings (SSSR count). The number of nitrogens with zero attached hydrogens (tertiary/aromatic N) is 4. The summed E-state index contributed by atoms with van der Waals surface area (Å²) < 4.78 is 1.06. The standard InChI is InChI=1S/C23H28N6O2S/c1-14(30)29-11-8-15(9-12-29)20-27-21(25-16-5-4-10-24-13-16)19(22(31)28-20)23-26-17-6-2-3-7-18(17)32-23/h2-3,6-7,15-16,19,24H,4-5,8-13H2,1H3,(H,25,27,28,31)/t16-,19?/m1/s1. The highest BCUT2D eigenvalue weighted by molar-refractivity contribution is 7.18. The molecule has 2 N–H and O–H groups in total. The average molecular weight is 453 g/mol. The molecule has 32 heavy (non-hydrogen) atoms. The van der Waals surface area contributed by atoms with E-state index in [9.17, 15) is 9.59 Å². The van der Waals surface area contributed by atoms with Gasteiger partial charge in [-0.3, -0.25) is 14.6 Å². The van der Waals surface area contributed by atoms with Gasteiger partial charge in [-0.05, 0) is 44.4 Å². The van der Waals surface area contributed by atoms with Crippen molar-refractivity contribution in [3.63, 3.8) is 0 Å². The molecule has 0 bridgehead atoms. The first-order chi connectivity index (χ1) is 15.6. The molecule has 8 nitrogen and oxygen atoms in total. The van der Waals surface area contributed by atoms with Gasteiger partial charge < -0.3 is 15.5 Å². The zero-order valence-electron chi connectivity index (χ0n) is 18.2. The van der Waals surface area contributed by atoms with Crippen LogP contribution in [-0.4, -0.2) is 65.6 Å². The van der Waals surface area contributed by atoms with Crippen molar-refractivity contribution in [2.45, 2.75) is 44.6 Å². The minimum Gasteiger partial charge on any atom is -0.343 e. The fourth-order valence-electron chi connectivity index (χ4n) is 4.66. The number of amidine groups is 2. The first kappa shape index (κ1) is 21.2. The number of para-hydroxylation sites is 1. The predicted molar refractivity (Wildman–Crippen MR) is 126 cm³/mol. The average Bonchev–Trinajstić information content (AvgIpc) is 3.23. The second-order valence-electron chi connectivity index (χ2n) is 8.71. The third-order valence-corrected chi connectivity index (χ3v) is 7.58. The van der Waals surface area contributed by atoms with E-state index in [1.807, 2.05) is 29.2 Å². The van der Waals surface area contributed by atoms with Crippen molar-refractivity contribution < 1.29 is 9.59 Å². The number of aliphatic imine (C=N–C) groups is 2. The van der Waals surface area contributed by atoms with Crippen LogP contribution in [0.2, 0.25) is 0 Å². The molecule has 0 radical (unpaired) electrons. The topological polar surface area (TPSA) is 99.1 Å². The molecule has 2 amide bonds. The normalized spacial score (nSPS) is 26.3. The summed E-state index contributed by atoms with van der Waals surface area (Å²) in [5.74, 6) is 0.797. The predicted octanol–water partition coefficient (Wildman–Crippen LogP) is 2.32. The lowest BCUT2D eigenvalue weighted by Gasteiger charge is -2.34. The van der Waals surface area contributed by atoms with E-state index in [0.717, 1.165) is 54.0 Å². The minimum atomic E-state index is -0.588. The van der Waals surface area contributed by atoms with Gasteiger partial charge in [-0.25, -0.2) is 9.98 Å². The van der Waals surface area contributed by atoms with Gasteiger partial charge in [0.25, 0.3) is 0 Å². The number of benzene rings is 1. The van der Waals surface area contributed by atoms with Gasteiger partial charge in [0.1, 0.15) is 22.6 Å². The Morgan fingerprint density at radius 3 is 2.75 bits per heavy atom. The maximum atomic E-state index is 13.4. The van der Waals surface area contributed by atoms with Gasteiger partial charge in [0, 0.05) is 32.5 Å². The molecule has 2 fully saturated rings. The van der Waals surface area contributed by atoms with Crippen molar-refractivity contribution in [1.29, 1.82) is 0 Å². The highest BCUT2D eigenvalue weighted by atomic mass is 32.1. The third kappa shape index (κ3) is 4.31. The van der Waals surface area contributed by atoms with E-state index in [1.54, 1.807) is 6.92 Å². The number of thiazole rings is 1. The lowest BCUT2D eigenvalue weighted by atomic mass is 9.93. The molecule has 2 aromatic rings. The van der Waals surface area contributed by atoms with Crippen molar-refractivity contribution >= 4 is 45.0 Å². The number of nitrogens with one attached hydrogen (secondary N) is 2. The molecule has 2 saturated heterocycles. The Balaban J connectivity index is 1.47. The summed E-state index contributed by atoms with van der Waals surface area (Å²) >= 11 is 1.53. The molecular formula is C23H28N6O2S. The van der Waals surface area contributed by atoms with Crippen LogP contribution in [0.1, 0.15) is 43.5 Å². The van der Waals surface area contributed by atoms with Crippen LogP contribution in [0, 0.1) is 5.92 Å². The van der Waals surface area contributed by atoms with Crippen LogP contribution in [0.5, 0.6) is 0 Å². The van der Waals surface area contributed by atoms with Gasteiger partial charge in [0.2, 0.25) is 11.8 Å². The van der Waals surface area contributed by atoms with Gasteiger partial charge in [-0.1, -0.05) is 12.1 Å². The molecule has 4 heterocycles. The number of carbonyl (C=O) groups is 2. The number of likely N-dealkylation sites (tertiary alicyclic amines) is 1. The first-order valence-electron chi connectivity index (χ1n) is 11.4. The van der Waals surface area contributed by atoms with Crippen LogP contribution in [0.3, 0.4) is 0 Å². The summed E-state index contributed by atoms with van der Waals surface area (Å²) in [6.07, 6.45) is 3.65. The van der Waals surface area contributed by atoms with E-state index in [0.29, 0.717) is 24.8 Å². The zero-order chi connectivity index (χ0) is 22.1. The van der Waals surface area contributed by atoms with Crippen molar-refractivity contribution in [3.8, 4) is 0 Å². The smallest absolute Gasteiger partial charge is 0.243 e. The summed E-state index contributed by atoms with van der Waals surface area (Å²) in [4.78, 5) is 41.5. The lowest BCUT2D eigenvalue weighted by Crippen LogP contribution is -2.49. The van der Waals surface area contributed by atoms with Gasteiger partial charge in [0.05, 0.1) is 16.3 Å². The molecule has 1 aromatic heterocycles. The Labute approximate surface area is 191 Å². The Morgan fingerprint density at radius 2 is 2.03 bits per heavy atom. The molecule has 0 saturated carbocycles. The molecule has 9 heteroatoms. The van der Waals surface area contributed by atoms with E-state index >= 15 is 0 Å². The van der Waals surface area contributed by atoms with Crippen LogP contribution >= 0.6 is 11.3 Å². The van der Waals surface area contributed by atoms with Gasteiger partial charge in [0.15, 0.2) is 0 Å². The molecule has 2 atom stereocenters. The Morgan fingerprint density at radius 1 is 1.22 bits per heavy atom. The van der Waals surface area contributed by atoms with E-state index in [2.05, 4.69) is 10.6 Å². The Bertz CT molecular complexity index is 1050. The fraction of sp³-hybridized carbons (Fsp3) is 0.522. The maximum absolute atomic E-state index is 13.4. The number of piperidine rings is 2. The van der Waals surface area contributed by atoms with E-state index in [-0.39, 0.29) is 23.8 Å². The third-order valence-electron chi connectivity index (χ3n) is 6.48. The van der Waals surface area contributed by atoms with Crippen LogP contribution in [0.4, 0.5) is 0 Å². The summed E-state index contributed by atoms with van der Waals surface area (Å²) in [5, 5.41) is 7.20. The zero-order valence-corrected chi connectivity index (χ0v) is 19.0. The summed E-state index contributed by atoms with van der Waals surface area (Å²) in [6.45, 7) is 4.79. The Kier molecular flexibility index (Phi) is 6.01. The number of aromatic nitrogens is 1. The molecule has 3 aliphatic rings. The number of hydrogen-bond donors (Lipinski definition) is 2. The first-order valence-corrected chi connectivity index (χ1v) is 12.2. The highest BCUT2D eigenvalue weighted by Gasteiger charge is 2.37. The molecule has 3 aliphatic heterocycles. The fourth-order valence-corrected chi connectivity index (χ4v) is 5.73. The maximum Gasteiger partial charge on any atom is 0.243 e. The minimum absolute atomic E-state index is 0.0982. The number of hydrogen-bond acceptors (Lipinski definition) is 6. The van der Waals surface area contributed by atoms with Crippen LogP contribution in [0.15, 0.2) is 34.3 Å². The van der Waals surface area contributed by atoms with E-state index < -0.39 is 5.92 Å². The molecular weight excluding hydrogens is 424 g/mol. The highest BCUT2D eigenvalue weighted by Crippen LogP contribution is 2.32. The second-order valence-corrected chi connectivity index (χ2v) is 9.77. The Hall–Kier alpha value is -2.65. The quantitative estimate of drug-likeness (QED) is 0.747. The van der Waals surface area contributed by atoms with Crippen molar-refractivity contribution in [3.05, 3.63) is 29.3 Å². The number of rotatable bonds is 3. The SMILES string of the molecule is CC(=O)N1CCC(C2=NC(=N[C@@H]3CCCNC3)C(c3nc4ccccc4s3)C(=O)N2)CC1. The van der Waals surface area contributed by atoms with Gasteiger partial charge >= 0.3 is 0 Å². The monoisotopic (exact) mass is 452 g/mol. The van der Waals surface area contributed by atoms with Crippen molar-refractivity contribution in [1.82, 2.24) is 20.5 Å². The summed E-state index contributed by atoms with van der Waals surface area (Å²) in [5.41, 5.74) is 0.894. The van der Waals surface area contributed by atoms with E-state index in [1.165, 1.54) is 11.3 Å². The van der Waals surface area contributed by atoms with Crippen LogP contribution < -0.4 is 10.6 Å². The number of amides is 2. The molecule has 168 valence electrons. The summed E-state index contributed by atoms with van der Waals surface area (Å²) in [7, 11) is 0. The number of fused-ring (bicyclic) bond motifs is 1. The largest absolute Gasteiger partial charge is 0.343 e. The molecule has 1 unspecified atom stereocenters. The van der Waals surface area contributed by atoms with Crippen molar-refractivity contribution in [2.24, 2.45) is 15.9 Å². The van der Waals surface area contributed by atoms with E-state index in [4.69, 9.17) is 15.0 Å². The van der Waals surface area contributed by atoms with Crippen LogP contribution in [-0.2, 0) is 9.59 Å². The second kappa shape index (κ2) is 9.07. The van der Waals surface area contributed by atoms with Crippen LogP contribution in [0.25, 0.3) is 10.2 Å². The molecule has 0 aliphatic carbocycles. The molecule has 1 aromatic carbocycles. The molecule has 0 spiro atoms. The lowest BCUT2D eigenvalue weighted by molar-refractivity contribution is -0.130. The van der Waals surface area contributed by atoms with Gasteiger partial charge in [-0.2, -0.15) is 0 Å². The summed E-state index contributed by atoms with van der Waals surface area (Å²) in [6, 6.07) is 8.05. The van der Waals surface area contributed by atoms with Crippen molar-refractivity contribution in [2.75, 3.05) is 26.2 Å². The van der Waals surface area contributed by atoms with Gasteiger partial charge in [-0.15, -0.1) is 11.3 Å². The number of carbonyl (C=O) groups excluding carboxylic acids is 2.